The average molecular weight is 376 g/mol. The lowest BCUT2D eigenvalue weighted by atomic mass is 10.1. The van der Waals surface area contributed by atoms with Gasteiger partial charge in [-0.15, -0.1) is 11.3 Å². The van der Waals surface area contributed by atoms with Crippen LogP contribution in [-0.4, -0.2) is 21.1 Å². The van der Waals surface area contributed by atoms with Crippen molar-refractivity contribution in [2.45, 2.75) is 32.5 Å². The van der Waals surface area contributed by atoms with Crippen LogP contribution >= 0.6 is 23.1 Å². The van der Waals surface area contributed by atoms with E-state index in [1.165, 1.54) is 47.4 Å². The summed E-state index contributed by atoms with van der Waals surface area (Å²) in [6.45, 7) is 6.28. The summed E-state index contributed by atoms with van der Waals surface area (Å²) >= 11 is 2.73. The molecule has 3 rings (SSSR count). The summed E-state index contributed by atoms with van der Waals surface area (Å²) in [6, 6.07) is 5.46. The van der Waals surface area contributed by atoms with Gasteiger partial charge in [-0.3, -0.25) is 14.2 Å². The minimum Gasteiger partial charge on any atom is -0.293 e. The zero-order valence-corrected chi connectivity index (χ0v) is 15.8. The van der Waals surface area contributed by atoms with Crippen LogP contribution in [0.25, 0.3) is 10.2 Å². The van der Waals surface area contributed by atoms with E-state index in [9.17, 15) is 14.0 Å². The highest BCUT2D eigenvalue weighted by Crippen LogP contribution is 2.28. The van der Waals surface area contributed by atoms with E-state index in [0.717, 1.165) is 10.4 Å². The van der Waals surface area contributed by atoms with Crippen LogP contribution in [0.15, 0.2) is 34.2 Å². The third kappa shape index (κ3) is 3.39. The van der Waals surface area contributed by atoms with Gasteiger partial charge in [-0.2, -0.15) is 0 Å². The molecule has 7 heteroatoms. The number of hydrogen-bond acceptors (Lipinski definition) is 5. The van der Waals surface area contributed by atoms with E-state index >= 15 is 0 Å². The number of thiophene rings is 1. The fourth-order valence-electron chi connectivity index (χ4n) is 2.55. The van der Waals surface area contributed by atoms with E-state index in [-0.39, 0.29) is 22.9 Å². The number of hydrogen-bond donors (Lipinski definition) is 0. The molecule has 25 heavy (non-hydrogen) atoms. The molecule has 0 amide bonds. The molecule has 1 aromatic carbocycles. The smallest absolute Gasteiger partial charge is 0.263 e. The van der Waals surface area contributed by atoms with Gasteiger partial charge < -0.3 is 0 Å². The van der Waals surface area contributed by atoms with Crippen molar-refractivity contribution in [3.63, 3.8) is 0 Å². The van der Waals surface area contributed by atoms with Crippen molar-refractivity contribution in [2.75, 3.05) is 5.75 Å². The van der Waals surface area contributed by atoms with Crippen molar-refractivity contribution >= 4 is 39.1 Å². The van der Waals surface area contributed by atoms with Crippen LogP contribution in [-0.2, 0) is 6.54 Å². The molecule has 0 saturated carbocycles. The molecule has 0 radical (unpaired) electrons. The van der Waals surface area contributed by atoms with Crippen LogP contribution in [0, 0.1) is 19.7 Å². The number of rotatable bonds is 5. The van der Waals surface area contributed by atoms with Crippen molar-refractivity contribution in [2.24, 2.45) is 0 Å². The fraction of sp³-hybridized carbons (Fsp3) is 0.278. The molecule has 0 aliphatic heterocycles. The molecule has 4 nitrogen and oxygen atoms in total. The average Bonchev–Trinajstić information content (AvgIpc) is 2.88. The number of halogens is 1. The van der Waals surface area contributed by atoms with Gasteiger partial charge in [-0.25, -0.2) is 9.37 Å². The zero-order valence-electron chi connectivity index (χ0n) is 14.1. The number of nitrogens with zero attached hydrogens (tertiary/aromatic N) is 2. The largest absolute Gasteiger partial charge is 0.293 e. The number of Topliss-reactive ketones (excluding diaryl/α,β-unsaturated/α-hetero) is 1. The third-order valence-electron chi connectivity index (χ3n) is 4.07. The van der Waals surface area contributed by atoms with E-state index < -0.39 is 0 Å². The lowest BCUT2D eigenvalue weighted by molar-refractivity contribution is 0.102. The number of ketones is 1. The minimum atomic E-state index is -0.375. The van der Waals surface area contributed by atoms with Crippen LogP contribution in [0.4, 0.5) is 4.39 Å². The SMILES string of the molecule is CCn1c(SCC(=O)c2ccc(F)cc2)nc2sc(C)c(C)c2c1=O. The van der Waals surface area contributed by atoms with E-state index in [1.54, 1.807) is 4.57 Å². The Kier molecular flexibility index (Phi) is 5.06. The molecule has 0 aliphatic rings. The van der Waals surface area contributed by atoms with Crippen molar-refractivity contribution in [1.29, 1.82) is 0 Å². The van der Waals surface area contributed by atoms with Gasteiger partial charge in [-0.1, -0.05) is 11.8 Å². The molecule has 2 heterocycles. The fourth-order valence-corrected chi connectivity index (χ4v) is 4.58. The minimum absolute atomic E-state index is 0.0638. The Morgan fingerprint density at radius 1 is 1.28 bits per heavy atom. The summed E-state index contributed by atoms with van der Waals surface area (Å²) in [5, 5.41) is 1.20. The van der Waals surface area contributed by atoms with E-state index in [1.807, 2.05) is 20.8 Å². The molecule has 0 saturated heterocycles. The highest BCUT2D eigenvalue weighted by Gasteiger charge is 2.17. The first kappa shape index (κ1) is 17.8. The first-order chi connectivity index (χ1) is 11.9. The first-order valence-electron chi connectivity index (χ1n) is 7.84. The van der Waals surface area contributed by atoms with Gasteiger partial charge in [0.15, 0.2) is 10.9 Å². The molecule has 0 bridgehead atoms. The van der Waals surface area contributed by atoms with E-state index in [2.05, 4.69) is 4.98 Å². The molecule has 0 fully saturated rings. The quantitative estimate of drug-likeness (QED) is 0.380. The van der Waals surface area contributed by atoms with Gasteiger partial charge in [0.1, 0.15) is 10.6 Å². The zero-order chi connectivity index (χ0) is 18.1. The highest BCUT2D eigenvalue weighted by atomic mass is 32.2. The Morgan fingerprint density at radius 3 is 2.60 bits per heavy atom. The highest BCUT2D eigenvalue weighted by molar-refractivity contribution is 7.99. The van der Waals surface area contributed by atoms with Crippen molar-refractivity contribution < 1.29 is 9.18 Å². The van der Waals surface area contributed by atoms with E-state index in [0.29, 0.717) is 27.5 Å². The maximum Gasteiger partial charge on any atom is 0.263 e. The molecule has 2 aromatic heterocycles. The molecule has 3 aromatic rings. The normalized spacial score (nSPS) is 11.2. The monoisotopic (exact) mass is 376 g/mol. The van der Waals surface area contributed by atoms with Gasteiger partial charge in [-0.05, 0) is 50.6 Å². The lowest BCUT2D eigenvalue weighted by Crippen LogP contribution is -2.22. The van der Waals surface area contributed by atoms with E-state index in [4.69, 9.17) is 0 Å². The molecule has 0 aliphatic carbocycles. The number of thioether (sulfide) groups is 1. The number of aryl methyl sites for hydroxylation is 2. The number of carbonyl (C=O) groups excluding carboxylic acids is 1. The number of benzene rings is 1. The van der Waals surface area contributed by atoms with Crippen molar-refractivity contribution in [3.8, 4) is 0 Å². The van der Waals surface area contributed by atoms with Gasteiger partial charge in [0.05, 0.1) is 11.1 Å². The molecule has 130 valence electrons. The summed E-state index contributed by atoms with van der Waals surface area (Å²) in [7, 11) is 0. The standard InChI is InChI=1S/C18H17FN2O2S2/c1-4-21-17(23)15-10(2)11(3)25-16(15)20-18(21)24-9-14(22)12-5-7-13(19)8-6-12/h5-8H,4,9H2,1-3H3. The van der Waals surface area contributed by atoms with Gasteiger partial charge >= 0.3 is 0 Å². The summed E-state index contributed by atoms with van der Waals surface area (Å²) in [5.41, 5.74) is 1.35. The maximum atomic E-state index is 13.0. The maximum absolute atomic E-state index is 13.0. The predicted molar refractivity (Wildman–Crippen MR) is 100 cm³/mol. The Bertz CT molecular complexity index is 1010. The van der Waals surface area contributed by atoms with Crippen LogP contribution in [0.1, 0.15) is 27.7 Å². The lowest BCUT2D eigenvalue weighted by Gasteiger charge is -2.09. The second-order valence-corrected chi connectivity index (χ2v) is 7.77. The predicted octanol–water partition coefficient (Wildman–Crippen LogP) is 4.21. The van der Waals surface area contributed by atoms with Gasteiger partial charge in [0.2, 0.25) is 0 Å². The molecular weight excluding hydrogens is 359 g/mol. The summed E-state index contributed by atoms with van der Waals surface area (Å²) in [5.74, 6) is -0.354. The molecular formula is C18H17FN2O2S2. The molecule has 0 N–H and O–H groups in total. The Hall–Kier alpha value is -1.99. The Labute approximate surface area is 152 Å². The number of fused-ring (bicyclic) bond motifs is 1. The third-order valence-corrected chi connectivity index (χ3v) is 6.15. The van der Waals surface area contributed by atoms with Gasteiger partial charge in [0, 0.05) is 17.0 Å². The van der Waals surface area contributed by atoms with Crippen LogP contribution in [0.5, 0.6) is 0 Å². The summed E-state index contributed by atoms with van der Waals surface area (Å²) < 4.78 is 14.6. The van der Waals surface area contributed by atoms with Gasteiger partial charge in [0.25, 0.3) is 5.56 Å². The Balaban J connectivity index is 1.92. The number of aromatic nitrogens is 2. The van der Waals surface area contributed by atoms with Crippen LogP contribution in [0.3, 0.4) is 0 Å². The van der Waals surface area contributed by atoms with Crippen molar-refractivity contribution in [1.82, 2.24) is 9.55 Å². The second-order valence-electron chi connectivity index (χ2n) is 5.63. The van der Waals surface area contributed by atoms with Crippen LogP contribution in [0.2, 0.25) is 0 Å². The second kappa shape index (κ2) is 7.09. The van der Waals surface area contributed by atoms with Crippen LogP contribution < -0.4 is 5.56 Å². The molecule has 0 atom stereocenters. The first-order valence-corrected chi connectivity index (χ1v) is 9.64. The topological polar surface area (TPSA) is 52.0 Å². The van der Waals surface area contributed by atoms with Crippen molar-refractivity contribution in [3.05, 3.63) is 56.4 Å². The Morgan fingerprint density at radius 2 is 1.96 bits per heavy atom. The number of carbonyl (C=O) groups is 1. The molecule has 0 unspecified atom stereocenters. The summed E-state index contributed by atoms with van der Waals surface area (Å²) in [4.78, 5) is 31.4. The molecule has 0 spiro atoms. The summed E-state index contributed by atoms with van der Waals surface area (Å²) in [6.07, 6.45) is 0.